The van der Waals surface area contributed by atoms with Crippen LogP contribution in [0.15, 0.2) is 4.90 Å². The molecule has 1 aliphatic carbocycles. The summed E-state index contributed by atoms with van der Waals surface area (Å²) in [6, 6.07) is -0.103. The van der Waals surface area contributed by atoms with Gasteiger partial charge in [-0.2, -0.15) is 5.10 Å². The molecule has 2 unspecified atom stereocenters. The fourth-order valence-corrected chi connectivity index (χ4v) is 4.09. The van der Waals surface area contributed by atoms with Crippen LogP contribution in [0, 0.1) is 6.92 Å². The van der Waals surface area contributed by atoms with Crippen LogP contribution in [0.4, 0.5) is 5.82 Å². The molecule has 0 aliphatic heterocycles. The molecule has 1 saturated carbocycles. The summed E-state index contributed by atoms with van der Waals surface area (Å²) in [7, 11) is -0.318. The van der Waals surface area contributed by atoms with E-state index >= 15 is 0 Å². The van der Waals surface area contributed by atoms with Crippen LogP contribution in [0.2, 0.25) is 0 Å². The van der Waals surface area contributed by atoms with Crippen LogP contribution >= 0.6 is 0 Å². The Morgan fingerprint density at radius 1 is 1.47 bits per heavy atom. The highest BCUT2D eigenvalue weighted by Gasteiger charge is 2.31. The SMILES string of the molecule is COC1CCC(NS(=O)(=O)c2c(N)nn(C)c2C)C1. The van der Waals surface area contributed by atoms with Crippen molar-refractivity contribution in [3.63, 3.8) is 0 Å². The molecule has 2 atom stereocenters. The molecule has 0 bridgehead atoms. The van der Waals surface area contributed by atoms with Crippen LogP contribution in [-0.4, -0.2) is 37.5 Å². The highest BCUT2D eigenvalue weighted by Crippen LogP contribution is 2.26. The van der Waals surface area contributed by atoms with Crippen LogP contribution in [0.5, 0.6) is 0 Å². The Hall–Kier alpha value is -1.12. The molecule has 3 N–H and O–H groups in total. The minimum Gasteiger partial charge on any atom is -0.381 e. The summed E-state index contributed by atoms with van der Waals surface area (Å²) in [4.78, 5) is 0.0795. The van der Waals surface area contributed by atoms with Gasteiger partial charge < -0.3 is 10.5 Å². The molecular formula is C11H20N4O3S. The van der Waals surface area contributed by atoms with Gasteiger partial charge in [-0.3, -0.25) is 4.68 Å². The Labute approximate surface area is 113 Å². The summed E-state index contributed by atoms with van der Waals surface area (Å²) in [5, 5.41) is 3.93. The quantitative estimate of drug-likeness (QED) is 0.822. The summed E-state index contributed by atoms with van der Waals surface area (Å²) in [6.07, 6.45) is 2.46. The number of rotatable bonds is 4. The monoisotopic (exact) mass is 288 g/mol. The van der Waals surface area contributed by atoms with E-state index in [-0.39, 0.29) is 22.9 Å². The van der Waals surface area contributed by atoms with Gasteiger partial charge in [0.2, 0.25) is 10.0 Å². The first kappa shape index (κ1) is 14.3. The average molecular weight is 288 g/mol. The van der Waals surface area contributed by atoms with Crippen molar-refractivity contribution >= 4 is 15.8 Å². The number of nitrogens with one attached hydrogen (secondary N) is 1. The number of hydrogen-bond donors (Lipinski definition) is 2. The molecule has 1 fully saturated rings. The highest BCUT2D eigenvalue weighted by atomic mass is 32.2. The number of aryl methyl sites for hydroxylation is 1. The van der Waals surface area contributed by atoms with Gasteiger partial charge in [0.1, 0.15) is 4.90 Å². The first-order valence-electron chi connectivity index (χ1n) is 6.19. The minimum atomic E-state index is -3.63. The van der Waals surface area contributed by atoms with Gasteiger partial charge in [0, 0.05) is 20.2 Å². The van der Waals surface area contributed by atoms with E-state index in [1.54, 1.807) is 21.1 Å². The molecule has 0 spiro atoms. The second kappa shape index (κ2) is 5.10. The van der Waals surface area contributed by atoms with Crippen LogP contribution in [-0.2, 0) is 21.8 Å². The topological polar surface area (TPSA) is 99.2 Å². The third kappa shape index (κ3) is 2.75. The van der Waals surface area contributed by atoms with Crippen molar-refractivity contribution in [3.8, 4) is 0 Å². The first-order valence-corrected chi connectivity index (χ1v) is 7.67. The van der Waals surface area contributed by atoms with Crippen molar-refractivity contribution in [2.75, 3.05) is 12.8 Å². The van der Waals surface area contributed by atoms with Crippen LogP contribution in [0.25, 0.3) is 0 Å². The summed E-state index contributed by atoms with van der Waals surface area (Å²) < 4.78 is 34.1. The van der Waals surface area contributed by atoms with Crippen molar-refractivity contribution in [2.24, 2.45) is 7.05 Å². The zero-order valence-electron chi connectivity index (χ0n) is 11.4. The minimum absolute atomic E-state index is 0.0359. The third-order valence-electron chi connectivity index (χ3n) is 3.61. The van der Waals surface area contributed by atoms with E-state index in [2.05, 4.69) is 9.82 Å². The molecule has 2 rings (SSSR count). The maximum Gasteiger partial charge on any atom is 0.246 e. The standard InChI is InChI=1S/C11H20N4O3S/c1-7-10(11(12)13-15(7)2)19(16,17)14-8-4-5-9(6-8)18-3/h8-9,14H,4-6H2,1-3H3,(H2,12,13). The number of hydrogen-bond acceptors (Lipinski definition) is 5. The molecule has 1 aromatic heterocycles. The molecule has 1 aromatic rings. The second-order valence-electron chi connectivity index (χ2n) is 4.91. The van der Waals surface area contributed by atoms with E-state index in [4.69, 9.17) is 10.5 Å². The van der Waals surface area contributed by atoms with E-state index < -0.39 is 10.0 Å². The van der Waals surface area contributed by atoms with Crippen LogP contribution in [0.3, 0.4) is 0 Å². The normalized spacial score (nSPS) is 23.9. The van der Waals surface area contributed by atoms with Gasteiger partial charge >= 0.3 is 0 Å². The summed E-state index contributed by atoms with van der Waals surface area (Å²) >= 11 is 0. The predicted molar refractivity (Wildman–Crippen MR) is 71.1 cm³/mol. The number of sulfonamides is 1. The van der Waals surface area contributed by atoms with Crippen molar-refractivity contribution in [3.05, 3.63) is 5.69 Å². The van der Waals surface area contributed by atoms with E-state index in [1.165, 1.54) is 4.68 Å². The van der Waals surface area contributed by atoms with Gasteiger partial charge in [-0.05, 0) is 26.2 Å². The van der Waals surface area contributed by atoms with Crippen molar-refractivity contribution < 1.29 is 13.2 Å². The lowest BCUT2D eigenvalue weighted by Gasteiger charge is -2.13. The predicted octanol–water partition coefficient (Wildman–Crippen LogP) is 0.157. The zero-order chi connectivity index (χ0) is 14.2. The van der Waals surface area contributed by atoms with Gasteiger partial charge in [-0.25, -0.2) is 13.1 Å². The van der Waals surface area contributed by atoms with Gasteiger partial charge in [-0.15, -0.1) is 0 Å². The smallest absolute Gasteiger partial charge is 0.246 e. The van der Waals surface area contributed by atoms with E-state index in [1.807, 2.05) is 0 Å². The maximum atomic E-state index is 12.4. The molecule has 0 amide bonds. The van der Waals surface area contributed by atoms with Crippen molar-refractivity contribution in [2.45, 2.75) is 43.2 Å². The number of methoxy groups -OCH3 is 1. The number of anilines is 1. The molecule has 0 radical (unpaired) electrons. The van der Waals surface area contributed by atoms with Crippen LogP contribution in [0.1, 0.15) is 25.0 Å². The van der Waals surface area contributed by atoms with Gasteiger partial charge in [0.25, 0.3) is 0 Å². The Kier molecular flexibility index (Phi) is 3.84. The molecule has 7 nitrogen and oxygen atoms in total. The summed E-state index contributed by atoms with van der Waals surface area (Å²) in [5.41, 5.74) is 6.21. The molecular weight excluding hydrogens is 268 g/mol. The Bertz CT molecular complexity index is 567. The number of nitrogen functional groups attached to an aromatic ring is 1. The molecule has 19 heavy (non-hydrogen) atoms. The number of nitrogens with zero attached hydrogens (tertiary/aromatic N) is 2. The second-order valence-corrected chi connectivity index (χ2v) is 6.56. The fraction of sp³-hybridized carbons (Fsp3) is 0.727. The molecule has 8 heteroatoms. The van der Waals surface area contributed by atoms with Gasteiger partial charge in [0.05, 0.1) is 11.8 Å². The largest absolute Gasteiger partial charge is 0.381 e. The zero-order valence-corrected chi connectivity index (χ0v) is 12.2. The summed E-state index contributed by atoms with van der Waals surface area (Å²) in [5.74, 6) is 0.0359. The van der Waals surface area contributed by atoms with Crippen LogP contribution < -0.4 is 10.5 Å². The lowest BCUT2D eigenvalue weighted by molar-refractivity contribution is 0.107. The molecule has 108 valence electrons. The number of aromatic nitrogens is 2. The third-order valence-corrected chi connectivity index (χ3v) is 5.30. The van der Waals surface area contributed by atoms with Crippen molar-refractivity contribution in [1.82, 2.24) is 14.5 Å². The maximum absolute atomic E-state index is 12.4. The highest BCUT2D eigenvalue weighted by molar-refractivity contribution is 7.89. The van der Waals surface area contributed by atoms with Crippen molar-refractivity contribution in [1.29, 1.82) is 0 Å². The van der Waals surface area contributed by atoms with E-state index in [9.17, 15) is 8.42 Å². The fourth-order valence-electron chi connectivity index (χ4n) is 2.49. The Morgan fingerprint density at radius 3 is 2.63 bits per heavy atom. The Balaban J connectivity index is 2.19. The van der Waals surface area contributed by atoms with Gasteiger partial charge in [0.15, 0.2) is 5.82 Å². The lowest BCUT2D eigenvalue weighted by Crippen LogP contribution is -2.34. The van der Waals surface area contributed by atoms with E-state index in [0.29, 0.717) is 12.1 Å². The molecule has 0 aromatic carbocycles. The Morgan fingerprint density at radius 2 is 2.16 bits per heavy atom. The number of nitrogens with two attached hydrogens (primary N) is 1. The summed E-state index contributed by atoms with van der Waals surface area (Å²) in [6.45, 7) is 1.69. The lowest BCUT2D eigenvalue weighted by atomic mass is 10.3. The molecule has 1 heterocycles. The average Bonchev–Trinajstić information content (AvgIpc) is 2.84. The molecule has 0 saturated heterocycles. The first-order chi connectivity index (χ1) is 8.85. The van der Waals surface area contributed by atoms with Gasteiger partial charge in [-0.1, -0.05) is 0 Å². The number of ether oxygens (including phenoxy) is 1. The van der Waals surface area contributed by atoms with E-state index in [0.717, 1.165) is 12.8 Å². The molecule has 1 aliphatic rings.